The van der Waals surface area contributed by atoms with E-state index in [1.54, 1.807) is 0 Å². The lowest BCUT2D eigenvalue weighted by atomic mass is 9.35. The maximum absolute atomic E-state index is 7.33. The lowest BCUT2D eigenvalue weighted by Gasteiger charge is -2.43. The van der Waals surface area contributed by atoms with Gasteiger partial charge in [-0.1, -0.05) is 114 Å². The zero-order chi connectivity index (χ0) is 45.6. The second kappa shape index (κ2) is 14.2. The van der Waals surface area contributed by atoms with E-state index in [-0.39, 0.29) is 17.5 Å². The Balaban J connectivity index is 1.15. The van der Waals surface area contributed by atoms with Gasteiger partial charge in [0, 0.05) is 44.3 Å². The number of para-hydroxylation sites is 2. The van der Waals surface area contributed by atoms with Gasteiger partial charge in [-0.25, -0.2) is 0 Å². The highest BCUT2D eigenvalue weighted by Gasteiger charge is 2.47. The number of rotatable bonds is 4. The largest absolute Gasteiger partial charge is 0.468 e. The zero-order valence-electron chi connectivity index (χ0n) is 39.5. The van der Waals surface area contributed by atoms with Gasteiger partial charge in [-0.2, -0.15) is 0 Å². The summed E-state index contributed by atoms with van der Waals surface area (Å²) in [6.45, 7) is 22.6. The molecule has 0 unspecified atom stereocenters. The molecule has 5 heterocycles. The smallest absolute Gasteiger partial charge is 0.297 e. The summed E-state index contributed by atoms with van der Waals surface area (Å²) in [4.78, 5) is 5.05. The Morgan fingerprint density at radius 1 is 0.424 bits per heavy atom. The molecule has 66 heavy (non-hydrogen) atoms. The molecular formula is C60H53BN2O3. The normalized spacial score (nSPS) is 13.5. The summed E-state index contributed by atoms with van der Waals surface area (Å²) >= 11 is 0. The highest BCUT2D eigenvalue weighted by molar-refractivity contribution is 7.00. The first kappa shape index (κ1) is 40.3. The van der Waals surface area contributed by atoms with E-state index in [0.717, 1.165) is 101 Å². The van der Waals surface area contributed by atoms with E-state index in [2.05, 4.69) is 194 Å². The van der Waals surface area contributed by atoms with Crippen molar-refractivity contribution in [3.8, 4) is 22.6 Å². The lowest BCUT2D eigenvalue weighted by Crippen LogP contribution is -2.61. The molecule has 2 aliphatic rings. The highest BCUT2D eigenvalue weighted by Crippen LogP contribution is 2.51. The summed E-state index contributed by atoms with van der Waals surface area (Å²) in [5.74, 6) is 1.72. The minimum absolute atomic E-state index is 0.0000507. The summed E-state index contributed by atoms with van der Waals surface area (Å²) in [5, 5.41) is 3.30. The Hall–Kier alpha value is -7.18. The summed E-state index contributed by atoms with van der Waals surface area (Å²) in [5.41, 5.74) is 22.3. The molecule has 0 bridgehead atoms. The van der Waals surface area contributed by atoms with Crippen molar-refractivity contribution < 1.29 is 13.3 Å². The Bertz CT molecular complexity index is 3530. The third-order valence-corrected chi connectivity index (χ3v) is 14.2. The van der Waals surface area contributed by atoms with Gasteiger partial charge >= 0.3 is 0 Å². The van der Waals surface area contributed by atoms with Crippen LogP contribution >= 0.6 is 0 Å². The molecule has 12 rings (SSSR count). The molecule has 2 aliphatic heterocycles. The van der Waals surface area contributed by atoms with Crippen LogP contribution in [0.25, 0.3) is 55.6 Å². The molecule has 0 N–H and O–H groups in total. The molecule has 0 amide bonds. The predicted molar refractivity (Wildman–Crippen MR) is 277 cm³/mol. The average molecular weight is 861 g/mol. The first-order valence-electron chi connectivity index (χ1n) is 23.3. The van der Waals surface area contributed by atoms with Crippen molar-refractivity contribution in [2.24, 2.45) is 0 Å². The summed E-state index contributed by atoms with van der Waals surface area (Å²) in [6, 6.07) is 50.8. The lowest BCUT2D eigenvalue weighted by molar-refractivity contribution is 0.589. The second-order valence-electron chi connectivity index (χ2n) is 20.8. The molecule has 0 saturated carbocycles. The number of benzene rings is 7. The number of hydrogen-bond donors (Lipinski definition) is 0. The van der Waals surface area contributed by atoms with E-state index in [1.165, 1.54) is 38.9 Å². The molecular weight excluding hydrogens is 807 g/mol. The number of hydrogen-bond acceptors (Lipinski definition) is 5. The average Bonchev–Trinajstić information content (AvgIpc) is 4.02. The van der Waals surface area contributed by atoms with Crippen LogP contribution in [0.15, 0.2) is 153 Å². The van der Waals surface area contributed by atoms with Gasteiger partial charge < -0.3 is 23.1 Å². The monoisotopic (exact) mass is 860 g/mol. The van der Waals surface area contributed by atoms with Gasteiger partial charge in [-0.3, -0.25) is 0 Å². The van der Waals surface area contributed by atoms with Gasteiger partial charge in [0.25, 0.3) is 6.71 Å². The van der Waals surface area contributed by atoms with Crippen molar-refractivity contribution in [1.29, 1.82) is 0 Å². The van der Waals surface area contributed by atoms with Crippen molar-refractivity contribution in [2.75, 3.05) is 9.80 Å². The van der Waals surface area contributed by atoms with Crippen LogP contribution < -0.4 is 26.4 Å². The molecule has 0 spiro atoms. The number of anilines is 6. The first-order chi connectivity index (χ1) is 31.6. The molecule has 0 radical (unpaired) electrons. The topological polar surface area (TPSA) is 45.9 Å². The summed E-state index contributed by atoms with van der Waals surface area (Å²) in [6.07, 6.45) is 0. The molecule has 3 aromatic heterocycles. The predicted octanol–water partition coefficient (Wildman–Crippen LogP) is 15.2. The molecule has 0 atom stereocenters. The molecule has 10 aromatic rings. The molecule has 324 valence electrons. The minimum atomic E-state index is -0.186. The quantitative estimate of drug-likeness (QED) is 0.165. The van der Waals surface area contributed by atoms with Crippen LogP contribution in [0.4, 0.5) is 34.1 Å². The Labute approximate surface area is 387 Å². The third-order valence-electron chi connectivity index (χ3n) is 14.2. The number of nitrogens with zero attached hydrogens (tertiary/aromatic N) is 2. The van der Waals surface area contributed by atoms with Crippen LogP contribution in [0, 0.1) is 27.7 Å². The van der Waals surface area contributed by atoms with Crippen LogP contribution in [-0.2, 0) is 10.8 Å². The third kappa shape index (κ3) is 6.07. The molecule has 0 saturated heterocycles. The van der Waals surface area contributed by atoms with Crippen LogP contribution in [0.3, 0.4) is 0 Å². The number of aryl methyl sites for hydroxylation is 4. The van der Waals surface area contributed by atoms with Crippen LogP contribution in [-0.4, -0.2) is 6.71 Å². The minimum Gasteiger partial charge on any atom is -0.468 e. The van der Waals surface area contributed by atoms with E-state index in [9.17, 15) is 0 Å². The van der Waals surface area contributed by atoms with Gasteiger partial charge in [0.2, 0.25) is 0 Å². The number of fused-ring (bicyclic) bond motifs is 8. The molecule has 0 aliphatic carbocycles. The zero-order valence-corrected chi connectivity index (χ0v) is 39.5. The van der Waals surface area contributed by atoms with E-state index in [0.29, 0.717) is 0 Å². The fourth-order valence-electron chi connectivity index (χ4n) is 10.9. The fourth-order valence-corrected chi connectivity index (χ4v) is 10.9. The Kier molecular flexibility index (Phi) is 8.66. The van der Waals surface area contributed by atoms with E-state index < -0.39 is 0 Å². The van der Waals surface area contributed by atoms with Crippen molar-refractivity contribution >= 4 is 90.3 Å². The SMILES string of the molecule is Cc1cc(C(C)(C)C)cc(C)c1N1c2cc(-c3cc4ccccc4o3)ccc2B2c3oc4ccc(C(C)(C)C)cc4c3N(c3c(C)cc(-c4cc5ccccc5o4)cc3C)c3cccc1c32. The molecule has 5 nitrogen and oxygen atoms in total. The van der Waals surface area contributed by atoms with Crippen LogP contribution in [0.5, 0.6) is 0 Å². The van der Waals surface area contributed by atoms with Crippen molar-refractivity contribution in [2.45, 2.75) is 80.1 Å². The van der Waals surface area contributed by atoms with E-state index >= 15 is 0 Å². The Morgan fingerprint density at radius 2 is 0.985 bits per heavy atom. The highest BCUT2D eigenvalue weighted by atomic mass is 16.3. The molecule has 0 fully saturated rings. The van der Waals surface area contributed by atoms with Gasteiger partial charge in [-0.05, 0) is 150 Å². The van der Waals surface area contributed by atoms with Crippen molar-refractivity contribution in [3.05, 3.63) is 173 Å². The van der Waals surface area contributed by atoms with Gasteiger partial charge in [-0.15, -0.1) is 0 Å². The van der Waals surface area contributed by atoms with Crippen LogP contribution in [0.1, 0.15) is 74.9 Å². The Morgan fingerprint density at radius 3 is 1.59 bits per heavy atom. The number of furan rings is 3. The first-order valence-corrected chi connectivity index (χ1v) is 23.3. The van der Waals surface area contributed by atoms with Crippen molar-refractivity contribution in [3.63, 3.8) is 0 Å². The van der Waals surface area contributed by atoms with E-state index in [1.807, 2.05) is 24.3 Å². The summed E-state index contributed by atoms with van der Waals surface area (Å²) in [7, 11) is 0. The maximum atomic E-state index is 7.33. The van der Waals surface area contributed by atoms with Crippen LogP contribution in [0.2, 0.25) is 0 Å². The van der Waals surface area contributed by atoms with Gasteiger partial charge in [0.05, 0.1) is 22.7 Å². The van der Waals surface area contributed by atoms with E-state index in [4.69, 9.17) is 13.3 Å². The van der Waals surface area contributed by atoms with Crippen molar-refractivity contribution in [1.82, 2.24) is 0 Å². The maximum Gasteiger partial charge on any atom is 0.297 e. The standard InChI is InChI=1S/C60H53BN2O3/c1-34-26-41(53-32-39-17-12-14-21-50(39)65-53)27-35(2)56(34)63-47-19-15-18-46-54(47)61(58-57(63)44-33-42(59(5,6)7)23-25-51(44)66-58)45-24-22-40(52-31-38-16-11-13-20-49(38)64-52)30-48(45)62(46)55-36(3)28-43(29-37(55)4)60(8,9)10/h11-33H,1-10H3. The van der Waals surface area contributed by atoms with Gasteiger partial charge in [0.15, 0.2) is 0 Å². The second-order valence-corrected chi connectivity index (χ2v) is 20.8. The molecule has 7 aromatic carbocycles. The fraction of sp³-hybridized carbons (Fsp3) is 0.200. The summed E-state index contributed by atoms with van der Waals surface area (Å²) < 4.78 is 20.3. The molecule has 6 heteroatoms. The van der Waals surface area contributed by atoms with Gasteiger partial charge in [0.1, 0.15) is 28.3 Å².